The van der Waals surface area contributed by atoms with Crippen molar-refractivity contribution in [1.29, 1.82) is 0 Å². The molecular formula is C8H19NS. The van der Waals surface area contributed by atoms with Crippen molar-refractivity contribution in [2.45, 2.75) is 45.4 Å². The van der Waals surface area contributed by atoms with Gasteiger partial charge in [0, 0.05) is 16.7 Å². The molecule has 1 saturated heterocycles. The summed E-state index contributed by atoms with van der Waals surface area (Å²) < 4.78 is 0.458. The van der Waals surface area contributed by atoms with Gasteiger partial charge in [-0.1, -0.05) is 13.8 Å². The van der Waals surface area contributed by atoms with E-state index in [-0.39, 0.29) is 0 Å². The third-order valence-electron chi connectivity index (χ3n) is 1.88. The van der Waals surface area contributed by atoms with Gasteiger partial charge >= 0.3 is 0 Å². The van der Waals surface area contributed by atoms with Crippen LogP contribution in [0.4, 0.5) is 0 Å². The summed E-state index contributed by atoms with van der Waals surface area (Å²) in [5, 5.41) is 3.37. The summed E-state index contributed by atoms with van der Waals surface area (Å²) >= 11 is 2.00. The van der Waals surface area contributed by atoms with Crippen LogP contribution in [0.5, 0.6) is 0 Å². The molecule has 0 aliphatic carbocycles. The third-order valence-corrected chi connectivity index (χ3v) is 3.29. The molecule has 0 radical (unpaired) electrons. The molecule has 1 unspecified atom stereocenters. The van der Waals surface area contributed by atoms with Crippen LogP contribution < -0.4 is 5.32 Å². The number of hydrogen-bond acceptors (Lipinski definition) is 2. The molecule has 0 spiro atoms. The Kier molecular flexibility index (Phi) is 4.37. The van der Waals surface area contributed by atoms with E-state index in [2.05, 4.69) is 26.1 Å². The second-order valence-corrected chi connectivity index (χ2v) is 4.45. The van der Waals surface area contributed by atoms with E-state index in [0.29, 0.717) is 10.8 Å². The first kappa shape index (κ1) is 10.3. The first-order chi connectivity index (χ1) is 4.63. The fraction of sp³-hybridized carbons (Fsp3) is 1.00. The zero-order valence-electron chi connectivity index (χ0n) is 7.69. The average molecular weight is 161 g/mol. The van der Waals surface area contributed by atoms with E-state index in [4.69, 9.17) is 0 Å². The second-order valence-electron chi connectivity index (χ2n) is 2.82. The monoisotopic (exact) mass is 161 g/mol. The summed E-state index contributed by atoms with van der Waals surface area (Å²) in [5.74, 6) is 1.12. The summed E-state index contributed by atoms with van der Waals surface area (Å²) in [6.45, 7) is 10.8. The molecule has 1 aliphatic heterocycles. The zero-order valence-corrected chi connectivity index (χ0v) is 8.51. The van der Waals surface area contributed by atoms with Crippen molar-refractivity contribution in [3.63, 3.8) is 0 Å². The Morgan fingerprint density at radius 3 is 2.00 bits per heavy atom. The number of rotatable bonds is 0. The molecule has 1 atom stereocenters. The summed E-state index contributed by atoms with van der Waals surface area (Å²) in [4.78, 5) is 0. The van der Waals surface area contributed by atoms with Crippen LogP contribution in [-0.4, -0.2) is 16.7 Å². The smallest absolute Gasteiger partial charge is 0.0426 e. The van der Waals surface area contributed by atoms with E-state index < -0.39 is 0 Å². The minimum atomic E-state index is 0.458. The molecule has 1 heterocycles. The van der Waals surface area contributed by atoms with Gasteiger partial charge in [-0.25, -0.2) is 0 Å². The minimum absolute atomic E-state index is 0.458. The fourth-order valence-corrected chi connectivity index (χ4v) is 1.76. The SMILES string of the molecule is CC.CC1NCSC1(C)C. The van der Waals surface area contributed by atoms with Gasteiger partial charge in [-0.2, -0.15) is 0 Å². The van der Waals surface area contributed by atoms with E-state index >= 15 is 0 Å². The lowest BCUT2D eigenvalue weighted by molar-refractivity contribution is 0.523. The number of nitrogens with one attached hydrogen (secondary N) is 1. The summed E-state index contributed by atoms with van der Waals surface area (Å²) in [7, 11) is 0. The highest BCUT2D eigenvalue weighted by atomic mass is 32.2. The molecule has 1 nitrogen and oxygen atoms in total. The van der Waals surface area contributed by atoms with Crippen molar-refractivity contribution in [3.05, 3.63) is 0 Å². The van der Waals surface area contributed by atoms with Crippen LogP contribution >= 0.6 is 11.8 Å². The summed E-state index contributed by atoms with van der Waals surface area (Å²) in [6, 6.07) is 0.674. The van der Waals surface area contributed by atoms with Gasteiger partial charge in [0.05, 0.1) is 0 Å². The molecule has 1 aliphatic rings. The molecule has 0 saturated carbocycles. The van der Waals surface area contributed by atoms with E-state index in [1.54, 1.807) is 0 Å². The maximum Gasteiger partial charge on any atom is 0.0426 e. The van der Waals surface area contributed by atoms with Gasteiger partial charge in [0.15, 0.2) is 0 Å². The van der Waals surface area contributed by atoms with Crippen LogP contribution in [0.25, 0.3) is 0 Å². The third kappa shape index (κ3) is 2.51. The normalized spacial score (nSPS) is 29.1. The van der Waals surface area contributed by atoms with Gasteiger partial charge in [-0.05, 0) is 20.8 Å². The highest BCUT2D eigenvalue weighted by Crippen LogP contribution is 2.32. The Morgan fingerprint density at radius 2 is 1.90 bits per heavy atom. The molecule has 1 fully saturated rings. The Bertz CT molecular complexity index is 91.3. The highest BCUT2D eigenvalue weighted by Gasteiger charge is 2.30. The van der Waals surface area contributed by atoms with Gasteiger partial charge in [-0.3, -0.25) is 0 Å². The number of thioether (sulfide) groups is 1. The molecule has 0 aromatic rings. The van der Waals surface area contributed by atoms with Gasteiger partial charge in [0.1, 0.15) is 0 Å². The quantitative estimate of drug-likeness (QED) is 0.586. The van der Waals surface area contributed by atoms with Crippen molar-refractivity contribution >= 4 is 11.8 Å². The van der Waals surface area contributed by atoms with E-state index in [9.17, 15) is 0 Å². The Balaban J connectivity index is 0.000000371. The van der Waals surface area contributed by atoms with Crippen LogP contribution in [0.15, 0.2) is 0 Å². The lowest BCUT2D eigenvalue weighted by Crippen LogP contribution is -2.32. The van der Waals surface area contributed by atoms with Gasteiger partial charge in [0.2, 0.25) is 0 Å². The summed E-state index contributed by atoms with van der Waals surface area (Å²) in [6.07, 6.45) is 0. The molecule has 10 heavy (non-hydrogen) atoms. The van der Waals surface area contributed by atoms with Crippen LogP contribution in [0.2, 0.25) is 0 Å². The summed E-state index contributed by atoms with van der Waals surface area (Å²) in [5.41, 5.74) is 0. The van der Waals surface area contributed by atoms with Gasteiger partial charge in [-0.15, -0.1) is 11.8 Å². The molecule has 1 N–H and O–H groups in total. The maximum absolute atomic E-state index is 3.37. The largest absolute Gasteiger partial charge is 0.304 e. The standard InChI is InChI=1S/C6H13NS.C2H6/c1-5-6(2,3)8-4-7-5;1-2/h5,7H,4H2,1-3H3;1-2H3. The average Bonchev–Trinajstić information content (AvgIpc) is 2.17. The van der Waals surface area contributed by atoms with Crippen molar-refractivity contribution in [2.24, 2.45) is 0 Å². The van der Waals surface area contributed by atoms with E-state index in [0.717, 1.165) is 5.88 Å². The first-order valence-electron chi connectivity index (χ1n) is 4.00. The van der Waals surface area contributed by atoms with E-state index in [1.165, 1.54) is 0 Å². The van der Waals surface area contributed by atoms with Crippen LogP contribution in [-0.2, 0) is 0 Å². The molecule has 0 aromatic carbocycles. The Morgan fingerprint density at radius 1 is 1.40 bits per heavy atom. The van der Waals surface area contributed by atoms with Crippen LogP contribution in [0, 0.1) is 0 Å². The molecule has 2 heteroatoms. The molecule has 62 valence electrons. The molecule has 0 bridgehead atoms. The van der Waals surface area contributed by atoms with Crippen LogP contribution in [0.3, 0.4) is 0 Å². The molecule has 1 rings (SSSR count). The number of hydrogen-bond donors (Lipinski definition) is 1. The molecule has 0 amide bonds. The van der Waals surface area contributed by atoms with E-state index in [1.807, 2.05) is 25.6 Å². The lowest BCUT2D eigenvalue weighted by Gasteiger charge is -2.20. The fourth-order valence-electron chi connectivity index (χ4n) is 0.723. The van der Waals surface area contributed by atoms with Gasteiger partial charge < -0.3 is 5.32 Å². The Hall–Kier alpha value is 0.310. The Labute approximate surface area is 69.0 Å². The maximum atomic E-state index is 3.37. The molecular weight excluding hydrogens is 142 g/mol. The minimum Gasteiger partial charge on any atom is -0.304 e. The van der Waals surface area contributed by atoms with Gasteiger partial charge in [0.25, 0.3) is 0 Å². The van der Waals surface area contributed by atoms with Crippen molar-refractivity contribution in [2.75, 3.05) is 5.88 Å². The predicted octanol–water partition coefficient (Wildman–Crippen LogP) is 2.47. The van der Waals surface area contributed by atoms with Crippen molar-refractivity contribution < 1.29 is 0 Å². The lowest BCUT2D eigenvalue weighted by atomic mass is 10.1. The highest BCUT2D eigenvalue weighted by molar-refractivity contribution is 8.00. The first-order valence-corrected chi connectivity index (χ1v) is 4.99. The predicted molar refractivity (Wildman–Crippen MR) is 50.5 cm³/mol. The van der Waals surface area contributed by atoms with Crippen LogP contribution in [0.1, 0.15) is 34.6 Å². The van der Waals surface area contributed by atoms with Crippen molar-refractivity contribution in [1.82, 2.24) is 5.32 Å². The topological polar surface area (TPSA) is 12.0 Å². The molecule has 0 aromatic heterocycles. The zero-order chi connectivity index (χ0) is 8.20. The van der Waals surface area contributed by atoms with Crippen molar-refractivity contribution in [3.8, 4) is 0 Å². The second kappa shape index (κ2) is 4.24.